The molecule has 1 atom stereocenters. The van der Waals surface area contributed by atoms with E-state index in [1.165, 1.54) is 0 Å². The summed E-state index contributed by atoms with van der Waals surface area (Å²) in [5, 5.41) is 6.69. The van der Waals surface area contributed by atoms with Crippen LogP contribution in [0, 0.1) is 5.41 Å². The fourth-order valence-electron chi connectivity index (χ4n) is 0.980. The Morgan fingerprint density at radius 2 is 2.18 bits per heavy atom. The third kappa shape index (κ3) is 5.77. The highest BCUT2D eigenvalue weighted by molar-refractivity contribution is 5.36. The van der Waals surface area contributed by atoms with Crippen molar-refractivity contribution in [3.05, 3.63) is 0 Å². The predicted octanol–water partition coefficient (Wildman–Crippen LogP) is 1.65. The molecule has 0 aromatic heterocycles. The van der Waals surface area contributed by atoms with Crippen LogP contribution in [0.5, 0.6) is 0 Å². The average molecular weight is 155 g/mol. The Kier molecular flexibility index (Phi) is 4.01. The van der Waals surface area contributed by atoms with Gasteiger partial charge in [-0.15, -0.1) is 0 Å². The number of nitrogens with one attached hydrogen (secondary N) is 1. The molecule has 0 aromatic carbocycles. The fraction of sp³-hybridized carbons (Fsp3) is 0.875. The summed E-state index contributed by atoms with van der Waals surface area (Å²) in [5.41, 5.74) is 5.60. The minimum atomic E-state index is -0.193. The van der Waals surface area contributed by atoms with E-state index < -0.39 is 0 Å². The third-order valence-corrected chi connectivity index (χ3v) is 1.48. The molecule has 0 amide bonds. The van der Waals surface area contributed by atoms with Crippen molar-refractivity contribution in [2.75, 3.05) is 0 Å². The highest BCUT2D eigenvalue weighted by Gasteiger charge is 2.16. The molecule has 0 spiro atoms. The van der Waals surface area contributed by atoms with Crippen molar-refractivity contribution < 1.29 is 0 Å². The molecule has 0 heterocycles. The first kappa shape index (κ1) is 10.3. The van der Waals surface area contributed by atoms with Crippen LogP contribution >= 0.6 is 0 Å². The molecule has 0 saturated carbocycles. The molecule has 0 aromatic rings. The van der Waals surface area contributed by atoms with Crippen LogP contribution in [0.4, 0.5) is 0 Å². The predicted molar refractivity (Wildman–Crippen MR) is 47.1 cm³/mol. The van der Waals surface area contributed by atoms with Crippen LogP contribution in [-0.4, -0.2) is 17.6 Å². The first-order valence-corrected chi connectivity index (χ1v) is 3.90. The van der Waals surface area contributed by atoms with Gasteiger partial charge in [-0.25, -0.2) is 10.4 Å². The van der Waals surface area contributed by atoms with Crippen LogP contribution in [0.3, 0.4) is 0 Å². The van der Waals surface area contributed by atoms with Gasteiger partial charge in [0.15, 0.2) is 0 Å². The van der Waals surface area contributed by atoms with E-state index in [0.717, 1.165) is 12.8 Å². The normalized spacial score (nSPS) is 13.8. The SMILES string of the molecule is CCC(CC(C)(C)N)N=C=N. The molecule has 11 heavy (non-hydrogen) atoms. The van der Waals surface area contributed by atoms with Gasteiger partial charge in [0, 0.05) is 5.54 Å². The topological polar surface area (TPSA) is 62.2 Å². The van der Waals surface area contributed by atoms with Crippen molar-refractivity contribution in [1.82, 2.24) is 0 Å². The van der Waals surface area contributed by atoms with E-state index in [9.17, 15) is 0 Å². The van der Waals surface area contributed by atoms with Gasteiger partial charge in [0.25, 0.3) is 0 Å². The number of aliphatic imine (C=N–C) groups is 1. The second kappa shape index (κ2) is 4.27. The van der Waals surface area contributed by atoms with E-state index >= 15 is 0 Å². The summed E-state index contributed by atoms with van der Waals surface area (Å²) in [6.07, 6.45) is 1.74. The van der Waals surface area contributed by atoms with E-state index in [2.05, 4.69) is 11.0 Å². The summed E-state index contributed by atoms with van der Waals surface area (Å²) >= 11 is 0. The van der Waals surface area contributed by atoms with Crippen LogP contribution in [0.1, 0.15) is 33.6 Å². The first-order valence-electron chi connectivity index (χ1n) is 3.90. The zero-order chi connectivity index (χ0) is 8.91. The van der Waals surface area contributed by atoms with Crippen LogP contribution < -0.4 is 5.73 Å². The molecular formula is C8H17N3. The molecule has 1 unspecified atom stereocenters. The Bertz CT molecular complexity index is 151. The molecular weight excluding hydrogens is 138 g/mol. The third-order valence-electron chi connectivity index (χ3n) is 1.48. The van der Waals surface area contributed by atoms with Crippen molar-refractivity contribution in [2.45, 2.75) is 45.2 Å². The van der Waals surface area contributed by atoms with Gasteiger partial charge in [-0.05, 0) is 26.7 Å². The van der Waals surface area contributed by atoms with Crippen molar-refractivity contribution in [3.8, 4) is 0 Å². The zero-order valence-electron chi connectivity index (χ0n) is 7.52. The maximum atomic E-state index is 6.69. The van der Waals surface area contributed by atoms with E-state index in [4.69, 9.17) is 11.1 Å². The van der Waals surface area contributed by atoms with E-state index in [1.54, 1.807) is 0 Å². The van der Waals surface area contributed by atoms with Crippen LogP contribution in [0.15, 0.2) is 4.99 Å². The lowest BCUT2D eigenvalue weighted by Crippen LogP contribution is -2.35. The molecule has 64 valence electrons. The average Bonchev–Trinajstić information content (AvgIpc) is 1.84. The first-order chi connectivity index (χ1) is 4.99. The van der Waals surface area contributed by atoms with Gasteiger partial charge in [-0.2, -0.15) is 0 Å². The zero-order valence-corrected chi connectivity index (χ0v) is 7.52. The Labute approximate surface area is 68.2 Å². The van der Waals surface area contributed by atoms with E-state index in [0.29, 0.717) is 0 Å². The van der Waals surface area contributed by atoms with Gasteiger partial charge >= 0.3 is 0 Å². The molecule has 3 nitrogen and oxygen atoms in total. The van der Waals surface area contributed by atoms with Crippen molar-refractivity contribution >= 4 is 6.01 Å². The molecule has 0 rings (SSSR count). The molecule has 0 aliphatic carbocycles. The summed E-state index contributed by atoms with van der Waals surface area (Å²) in [7, 11) is 0. The second-order valence-electron chi connectivity index (χ2n) is 3.50. The van der Waals surface area contributed by atoms with Gasteiger partial charge in [0.2, 0.25) is 0 Å². The van der Waals surface area contributed by atoms with Gasteiger partial charge in [-0.3, -0.25) is 0 Å². The van der Waals surface area contributed by atoms with Gasteiger partial charge in [-0.1, -0.05) is 6.92 Å². The lowest BCUT2D eigenvalue weighted by Gasteiger charge is -2.21. The maximum absolute atomic E-state index is 6.69. The number of hydrogen-bond donors (Lipinski definition) is 2. The highest BCUT2D eigenvalue weighted by Crippen LogP contribution is 2.12. The Morgan fingerprint density at radius 1 is 1.64 bits per heavy atom. The lowest BCUT2D eigenvalue weighted by atomic mass is 9.96. The van der Waals surface area contributed by atoms with Crippen LogP contribution in [0.2, 0.25) is 0 Å². The summed E-state index contributed by atoms with van der Waals surface area (Å²) < 4.78 is 0. The van der Waals surface area contributed by atoms with Gasteiger partial charge < -0.3 is 5.73 Å². The number of nitrogens with two attached hydrogens (primary N) is 1. The minimum absolute atomic E-state index is 0.160. The molecule has 0 saturated heterocycles. The summed E-state index contributed by atoms with van der Waals surface area (Å²) in [5.74, 6) is 0. The van der Waals surface area contributed by atoms with Crippen LogP contribution in [0.25, 0.3) is 0 Å². The molecule has 0 radical (unpaired) electrons. The number of rotatable bonds is 4. The van der Waals surface area contributed by atoms with Crippen LogP contribution in [-0.2, 0) is 0 Å². The Hall–Kier alpha value is -0.660. The Balaban J connectivity index is 3.98. The highest BCUT2D eigenvalue weighted by atomic mass is 14.8. The van der Waals surface area contributed by atoms with Crippen molar-refractivity contribution in [1.29, 1.82) is 5.41 Å². The summed E-state index contributed by atoms with van der Waals surface area (Å²) in [6, 6.07) is 2.22. The molecule has 0 aliphatic heterocycles. The minimum Gasteiger partial charge on any atom is -0.325 e. The second-order valence-corrected chi connectivity index (χ2v) is 3.50. The smallest absolute Gasteiger partial charge is 0.0864 e. The molecule has 0 aliphatic rings. The van der Waals surface area contributed by atoms with E-state index in [-0.39, 0.29) is 11.6 Å². The standard InChI is InChI=1S/C8H17N3/c1-4-7(11-6-9)5-8(2,3)10/h7,9H,4-5,10H2,1-3H3. The molecule has 3 heteroatoms. The largest absolute Gasteiger partial charge is 0.325 e. The summed E-state index contributed by atoms with van der Waals surface area (Å²) in [6.45, 7) is 5.97. The van der Waals surface area contributed by atoms with Crippen molar-refractivity contribution in [2.24, 2.45) is 10.7 Å². The number of hydrogen-bond acceptors (Lipinski definition) is 3. The quantitative estimate of drug-likeness (QED) is 0.596. The lowest BCUT2D eigenvalue weighted by molar-refractivity contribution is 0.418. The van der Waals surface area contributed by atoms with Gasteiger partial charge in [0.05, 0.1) is 12.1 Å². The molecule has 0 bridgehead atoms. The number of nitrogens with zero attached hydrogens (tertiary/aromatic N) is 1. The molecule has 3 N–H and O–H groups in total. The maximum Gasteiger partial charge on any atom is 0.0864 e. The van der Waals surface area contributed by atoms with Crippen molar-refractivity contribution in [3.63, 3.8) is 0 Å². The molecule has 0 fully saturated rings. The van der Waals surface area contributed by atoms with Gasteiger partial charge in [0.1, 0.15) is 0 Å². The monoisotopic (exact) mass is 155 g/mol. The fourth-order valence-corrected chi connectivity index (χ4v) is 0.980. The van der Waals surface area contributed by atoms with E-state index in [1.807, 2.05) is 20.8 Å². The summed E-state index contributed by atoms with van der Waals surface area (Å²) in [4.78, 5) is 3.86. The Morgan fingerprint density at radius 3 is 2.45 bits per heavy atom.